The summed E-state index contributed by atoms with van der Waals surface area (Å²) in [5.74, 6) is -0.418. The average molecular weight is 236 g/mol. The van der Waals surface area contributed by atoms with Gasteiger partial charge >= 0.3 is 0 Å². The summed E-state index contributed by atoms with van der Waals surface area (Å²) in [4.78, 5) is 17.9. The number of Topliss-reactive ketones (excluding diaryl/α,β-unsaturated/α-hetero) is 1. The Kier molecular flexibility index (Phi) is 3.84. The van der Waals surface area contributed by atoms with Crippen LogP contribution >= 0.6 is 0 Å². The number of carbonyl (C=O) groups is 1. The van der Waals surface area contributed by atoms with Crippen LogP contribution < -0.4 is 0 Å². The van der Waals surface area contributed by atoms with Crippen LogP contribution in [0.2, 0.25) is 0 Å². The topological polar surface area (TPSA) is 33.2 Å². The van der Waals surface area contributed by atoms with E-state index in [1.807, 2.05) is 0 Å². The molecule has 0 radical (unpaired) electrons. The molecule has 0 saturated carbocycles. The highest BCUT2D eigenvalue weighted by Gasteiger charge is 2.20. The molecule has 0 aliphatic carbocycles. The van der Waals surface area contributed by atoms with E-state index >= 15 is 0 Å². The van der Waals surface area contributed by atoms with Crippen molar-refractivity contribution in [2.75, 3.05) is 13.1 Å². The average Bonchev–Trinajstić information content (AvgIpc) is 2.73. The third kappa shape index (κ3) is 3.09. The van der Waals surface area contributed by atoms with Crippen LogP contribution in [0.1, 0.15) is 36.7 Å². The van der Waals surface area contributed by atoms with Gasteiger partial charge in [-0.3, -0.25) is 9.78 Å². The molecule has 0 amide bonds. The van der Waals surface area contributed by atoms with E-state index in [1.165, 1.54) is 25.0 Å². The Morgan fingerprint density at radius 2 is 2.41 bits per heavy atom. The molecule has 2 heterocycles. The molecule has 0 N–H and O–H groups in total. The fraction of sp³-hybridized carbons (Fsp3) is 0.538. The molecular weight excluding hydrogens is 219 g/mol. The molecule has 1 fully saturated rings. The molecule has 1 aromatic heterocycles. The van der Waals surface area contributed by atoms with Gasteiger partial charge in [-0.2, -0.15) is 0 Å². The van der Waals surface area contributed by atoms with Gasteiger partial charge in [0.05, 0.1) is 6.20 Å². The van der Waals surface area contributed by atoms with Crippen LogP contribution in [0.5, 0.6) is 0 Å². The van der Waals surface area contributed by atoms with Gasteiger partial charge in [-0.25, -0.2) is 4.39 Å². The lowest BCUT2D eigenvalue weighted by Crippen LogP contribution is -2.29. The van der Waals surface area contributed by atoms with E-state index in [0.717, 1.165) is 19.3 Å². The van der Waals surface area contributed by atoms with Gasteiger partial charge in [-0.05, 0) is 38.4 Å². The quantitative estimate of drug-likeness (QED) is 0.752. The molecule has 1 aliphatic rings. The predicted octanol–water partition coefficient (Wildman–Crippen LogP) is 2.28. The number of carbonyl (C=O) groups excluding carboxylic acids is 1. The zero-order valence-electron chi connectivity index (χ0n) is 10.0. The van der Waals surface area contributed by atoms with Crippen LogP contribution in [0, 0.1) is 5.82 Å². The molecule has 2 rings (SSSR count). The second-order valence-electron chi connectivity index (χ2n) is 4.56. The molecule has 0 aromatic carbocycles. The Balaban J connectivity index is 1.87. The standard InChI is InChI=1S/C13H17FN2O/c1-10-3-2-7-16(10)8-6-13(17)12-5-4-11(14)9-15-12/h4-5,9-10H,2-3,6-8H2,1H3. The molecule has 0 bridgehead atoms. The van der Waals surface area contributed by atoms with E-state index in [2.05, 4.69) is 16.8 Å². The molecule has 1 aliphatic heterocycles. The summed E-state index contributed by atoms with van der Waals surface area (Å²) in [6.07, 6.45) is 3.97. The zero-order chi connectivity index (χ0) is 12.3. The van der Waals surface area contributed by atoms with Crippen molar-refractivity contribution in [2.45, 2.75) is 32.2 Å². The van der Waals surface area contributed by atoms with Crippen molar-refractivity contribution in [2.24, 2.45) is 0 Å². The first-order valence-electron chi connectivity index (χ1n) is 6.05. The van der Waals surface area contributed by atoms with Crippen molar-refractivity contribution in [3.63, 3.8) is 0 Å². The number of ketones is 1. The minimum absolute atomic E-state index is 0.0101. The molecule has 3 nitrogen and oxygen atoms in total. The summed E-state index contributed by atoms with van der Waals surface area (Å²) in [6, 6.07) is 3.30. The zero-order valence-corrected chi connectivity index (χ0v) is 10.0. The van der Waals surface area contributed by atoms with Crippen LogP contribution in [0.15, 0.2) is 18.3 Å². The minimum atomic E-state index is -0.408. The lowest BCUT2D eigenvalue weighted by molar-refractivity contribution is 0.0958. The van der Waals surface area contributed by atoms with Gasteiger partial charge in [0.25, 0.3) is 0 Å². The molecule has 1 atom stereocenters. The number of likely N-dealkylation sites (tertiary alicyclic amines) is 1. The monoisotopic (exact) mass is 236 g/mol. The highest BCUT2D eigenvalue weighted by atomic mass is 19.1. The number of hydrogen-bond acceptors (Lipinski definition) is 3. The lowest BCUT2D eigenvalue weighted by Gasteiger charge is -2.19. The van der Waals surface area contributed by atoms with Gasteiger partial charge in [0.2, 0.25) is 0 Å². The first kappa shape index (κ1) is 12.2. The third-order valence-corrected chi connectivity index (χ3v) is 3.33. The molecule has 4 heteroatoms. The van der Waals surface area contributed by atoms with Crippen LogP contribution in [-0.2, 0) is 0 Å². The maximum atomic E-state index is 12.7. The SMILES string of the molecule is CC1CCCN1CCC(=O)c1ccc(F)cn1. The Labute approximate surface area is 101 Å². The van der Waals surface area contributed by atoms with Crippen molar-refractivity contribution < 1.29 is 9.18 Å². The Bertz CT molecular complexity index is 391. The maximum Gasteiger partial charge on any atom is 0.182 e. The highest BCUT2D eigenvalue weighted by Crippen LogP contribution is 2.16. The summed E-state index contributed by atoms with van der Waals surface area (Å²) in [5, 5.41) is 0. The van der Waals surface area contributed by atoms with E-state index < -0.39 is 5.82 Å². The van der Waals surface area contributed by atoms with Crippen LogP contribution in [0.4, 0.5) is 4.39 Å². The fourth-order valence-corrected chi connectivity index (χ4v) is 2.24. The second kappa shape index (κ2) is 5.36. The number of halogens is 1. The first-order chi connectivity index (χ1) is 8.16. The van der Waals surface area contributed by atoms with Crippen LogP contribution in [0.3, 0.4) is 0 Å². The smallest absolute Gasteiger partial charge is 0.182 e. The summed E-state index contributed by atoms with van der Waals surface area (Å²) >= 11 is 0. The number of hydrogen-bond donors (Lipinski definition) is 0. The number of pyridine rings is 1. The minimum Gasteiger partial charge on any atom is -0.300 e. The van der Waals surface area contributed by atoms with Crippen molar-refractivity contribution in [1.82, 2.24) is 9.88 Å². The Hall–Kier alpha value is -1.29. The van der Waals surface area contributed by atoms with Gasteiger partial charge in [0, 0.05) is 19.0 Å². The summed E-state index contributed by atoms with van der Waals surface area (Å²) in [6.45, 7) is 4.04. The normalized spacial score (nSPS) is 20.7. The van der Waals surface area contributed by atoms with E-state index in [4.69, 9.17) is 0 Å². The van der Waals surface area contributed by atoms with Gasteiger partial charge in [-0.1, -0.05) is 0 Å². The van der Waals surface area contributed by atoms with Crippen molar-refractivity contribution in [3.05, 3.63) is 29.8 Å². The summed E-state index contributed by atoms with van der Waals surface area (Å²) < 4.78 is 12.7. The first-order valence-corrected chi connectivity index (χ1v) is 6.05. The number of aromatic nitrogens is 1. The van der Waals surface area contributed by atoms with Crippen LogP contribution in [0.25, 0.3) is 0 Å². The summed E-state index contributed by atoms with van der Waals surface area (Å²) in [7, 11) is 0. The highest BCUT2D eigenvalue weighted by molar-refractivity contribution is 5.94. The van der Waals surface area contributed by atoms with Crippen molar-refractivity contribution in [1.29, 1.82) is 0 Å². The lowest BCUT2D eigenvalue weighted by atomic mass is 10.2. The third-order valence-electron chi connectivity index (χ3n) is 3.33. The molecule has 1 aromatic rings. The number of rotatable bonds is 4. The van der Waals surface area contributed by atoms with Crippen molar-refractivity contribution >= 4 is 5.78 Å². The second-order valence-corrected chi connectivity index (χ2v) is 4.56. The predicted molar refractivity (Wildman–Crippen MR) is 63.4 cm³/mol. The Morgan fingerprint density at radius 3 is 3.00 bits per heavy atom. The van der Waals surface area contributed by atoms with E-state index in [1.54, 1.807) is 0 Å². The van der Waals surface area contributed by atoms with Gasteiger partial charge in [0.1, 0.15) is 11.5 Å². The van der Waals surface area contributed by atoms with E-state index in [-0.39, 0.29) is 5.78 Å². The maximum absolute atomic E-state index is 12.7. The summed E-state index contributed by atoms with van der Waals surface area (Å²) in [5.41, 5.74) is 0.359. The fourth-order valence-electron chi connectivity index (χ4n) is 2.24. The number of nitrogens with zero attached hydrogens (tertiary/aromatic N) is 2. The molecule has 1 saturated heterocycles. The molecule has 0 spiro atoms. The van der Waals surface area contributed by atoms with E-state index in [9.17, 15) is 9.18 Å². The van der Waals surface area contributed by atoms with Gasteiger partial charge < -0.3 is 4.90 Å². The van der Waals surface area contributed by atoms with Gasteiger partial charge in [0.15, 0.2) is 5.78 Å². The Morgan fingerprint density at radius 1 is 1.59 bits per heavy atom. The molecular formula is C13H17FN2O. The molecule has 1 unspecified atom stereocenters. The van der Waals surface area contributed by atoms with Crippen LogP contribution in [-0.4, -0.2) is 34.8 Å². The largest absolute Gasteiger partial charge is 0.300 e. The van der Waals surface area contributed by atoms with E-state index in [0.29, 0.717) is 18.2 Å². The molecule has 92 valence electrons. The van der Waals surface area contributed by atoms with Gasteiger partial charge in [-0.15, -0.1) is 0 Å². The van der Waals surface area contributed by atoms with Crippen molar-refractivity contribution in [3.8, 4) is 0 Å². The molecule has 17 heavy (non-hydrogen) atoms.